The molecule has 0 saturated heterocycles. The van der Waals surface area contributed by atoms with Crippen LogP contribution in [0.3, 0.4) is 0 Å². The van der Waals surface area contributed by atoms with Gasteiger partial charge in [0.05, 0.1) is 0 Å². The Morgan fingerprint density at radius 1 is 1.39 bits per heavy atom. The molecule has 0 aliphatic carbocycles. The minimum atomic E-state index is -0.302. The van der Waals surface area contributed by atoms with E-state index in [2.05, 4.69) is 5.32 Å². The minimum Gasteiger partial charge on any atom is -0.396 e. The van der Waals surface area contributed by atoms with Gasteiger partial charge in [-0.3, -0.25) is 4.79 Å². The molecule has 1 amide bonds. The van der Waals surface area contributed by atoms with Gasteiger partial charge < -0.3 is 10.4 Å². The molecule has 0 aliphatic heterocycles. The normalized spacial score (nSPS) is 11.8. The molecule has 98 valence electrons. The van der Waals surface area contributed by atoms with Crippen LogP contribution in [0.1, 0.15) is 19.4 Å². The van der Waals surface area contributed by atoms with Crippen LogP contribution in [0.25, 0.3) is 6.08 Å². The Kier molecular flexibility index (Phi) is 5.38. The van der Waals surface area contributed by atoms with Crippen LogP contribution >= 0.6 is 11.6 Å². The highest BCUT2D eigenvalue weighted by Crippen LogP contribution is 2.12. The summed E-state index contributed by atoms with van der Waals surface area (Å²) in [7, 11) is 0. The van der Waals surface area contributed by atoms with Crippen molar-refractivity contribution in [3.05, 3.63) is 40.9 Å². The Morgan fingerprint density at radius 2 is 2.00 bits per heavy atom. The summed E-state index contributed by atoms with van der Waals surface area (Å²) in [6.45, 7) is 4.24. The van der Waals surface area contributed by atoms with Gasteiger partial charge in [-0.15, -0.1) is 0 Å². The van der Waals surface area contributed by atoms with Gasteiger partial charge in [-0.1, -0.05) is 37.6 Å². The lowest BCUT2D eigenvalue weighted by Crippen LogP contribution is -2.35. The van der Waals surface area contributed by atoms with E-state index >= 15 is 0 Å². The molecule has 0 spiro atoms. The van der Waals surface area contributed by atoms with Gasteiger partial charge in [0.2, 0.25) is 5.91 Å². The Bertz CT molecular complexity index is 424. The van der Waals surface area contributed by atoms with Crippen LogP contribution < -0.4 is 5.32 Å². The van der Waals surface area contributed by atoms with E-state index in [1.165, 1.54) is 6.08 Å². The highest BCUT2D eigenvalue weighted by atomic mass is 35.5. The Hall–Kier alpha value is -1.32. The summed E-state index contributed by atoms with van der Waals surface area (Å²) >= 11 is 5.76. The van der Waals surface area contributed by atoms with Crippen molar-refractivity contribution in [1.29, 1.82) is 0 Å². The largest absolute Gasteiger partial charge is 0.396 e. The molecule has 0 aliphatic rings. The lowest BCUT2D eigenvalue weighted by molar-refractivity contribution is -0.116. The van der Waals surface area contributed by atoms with E-state index in [9.17, 15) is 4.79 Å². The van der Waals surface area contributed by atoms with Crippen molar-refractivity contribution in [2.45, 2.75) is 13.8 Å². The molecule has 3 nitrogen and oxygen atoms in total. The topological polar surface area (TPSA) is 49.3 Å². The number of amides is 1. The van der Waals surface area contributed by atoms with Gasteiger partial charge in [-0.2, -0.15) is 0 Å². The quantitative estimate of drug-likeness (QED) is 0.806. The van der Waals surface area contributed by atoms with E-state index in [4.69, 9.17) is 16.7 Å². The lowest BCUT2D eigenvalue weighted by atomic mass is 9.95. The molecule has 0 atom stereocenters. The van der Waals surface area contributed by atoms with Crippen LogP contribution in [0.4, 0.5) is 0 Å². The second-order valence-electron chi connectivity index (χ2n) is 4.93. The number of carbonyl (C=O) groups is 1. The summed E-state index contributed by atoms with van der Waals surface area (Å²) in [4.78, 5) is 11.5. The van der Waals surface area contributed by atoms with E-state index in [0.29, 0.717) is 11.6 Å². The summed E-state index contributed by atoms with van der Waals surface area (Å²) in [5.74, 6) is -0.175. The van der Waals surface area contributed by atoms with Gasteiger partial charge in [0.25, 0.3) is 0 Å². The van der Waals surface area contributed by atoms with Crippen molar-refractivity contribution in [2.75, 3.05) is 13.2 Å². The highest BCUT2D eigenvalue weighted by Gasteiger charge is 2.16. The van der Waals surface area contributed by atoms with Gasteiger partial charge in [0, 0.05) is 29.7 Å². The molecule has 1 aromatic rings. The maximum absolute atomic E-state index is 11.5. The van der Waals surface area contributed by atoms with Crippen LogP contribution in [-0.4, -0.2) is 24.2 Å². The average molecular weight is 268 g/mol. The van der Waals surface area contributed by atoms with Gasteiger partial charge in [-0.05, 0) is 23.8 Å². The number of aliphatic hydroxyl groups excluding tert-OH is 1. The third kappa shape index (κ3) is 5.34. The fourth-order valence-electron chi connectivity index (χ4n) is 1.19. The first-order valence-corrected chi connectivity index (χ1v) is 6.13. The Labute approximate surface area is 112 Å². The maximum Gasteiger partial charge on any atom is 0.244 e. The summed E-state index contributed by atoms with van der Waals surface area (Å²) < 4.78 is 0. The number of carbonyl (C=O) groups excluding carboxylic acids is 1. The predicted molar refractivity (Wildman–Crippen MR) is 74.4 cm³/mol. The number of benzene rings is 1. The first-order chi connectivity index (χ1) is 8.43. The fraction of sp³-hybridized carbons (Fsp3) is 0.357. The number of hydrogen-bond acceptors (Lipinski definition) is 2. The SMILES string of the molecule is CC(C)(CO)CNC(=O)/C=C/c1ccc(Cl)cc1. The lowest BCUT2D eigenvalue weighted by Gasteiger charge is -2.21. The Morgan fingerprint density at radius 3 is 2.56 bits per heavy atom. The molecule has 0 radical (unpaired) electrons. The first kappa shape index (κ1) is 14.7. The van der Waals surface area contributed by atoms with Crippen molar-refractivity contribution in [2.24, 2.45) is 5.41 Å². The zero-order valence-electron chi connectivity index (χ0n) is 10.6. The molecule has 1 rings (SSSR count). The smallest absolute Gasteiger partial charge is 0.244 e. The molecule has 0 aromatic heterocycles. The molecule has 0 fully saturated rings. The number of rotatable bonds is 5. The minimum absolute atomic E-state index is 0.0359. The second-order valence-corrected chi connectivity index (χ2v) is 5.36. The van der Waals surface area contributed by atoms with E-state index in [-0.39, 0.29) is 17.9 Å². The molecule has 0 saturated carbocycles. The molecular weight excluding hydrogens is 250 g/mol. The molecule has 4 heteroatoms. The van der Waals surface area contributed by atoms with Crippen LogP contribution in [0.2, 0.25) is 5.02 Å². The van der Waals surface area contributed by atoms with E-state index in [0.717, 1.165) is 5.56 Å². The number of hydrogen-bond donors (Lipinski definition) is 2. The summed E-state index contributed by atoms with van der Waals surface area (Å²) in [5, 5.41) is 12.5. The van der Waals surface area contributed by atoms with E-state index in [1.54, 1.807) is 18.2 Å². The fourth-order valence-corrected chi connectivity index (χ4v) is 1.31. The maximum atomic E-state index is 11.5. The van der Waals surface area contributed by atoms with Gasteiger partial charge >= 0.3 is 0 Å². The van der Waals surface area contributed by atoms with Gasteiger partial charge in [0.15, 0.2) is 0 Å². The second kappa shape index (κ2) is 6.57. The summed E-state index contributed by atoms with van der Waals surface area (Å²) in [6.07, 6.45) is 3.19. The molecule has 2 N–H and O–H groups in total. The zero-order chi connectivity index (χ0) is 13.6. The van der Waals surface area contributed by atoms with Crippen molar-refractivity contribution >= 4 is 23.6 Å². The molecule has 0 unspecified atom stereocenters. The Balaban J connectivity index is 2.47. The zero-order valence-corrected chi connectivity index (χ0v) is 11.4. The summed E-state index contributed by atoms with van der Waals surface area (Å²) in [5.41, 5.74) is 0.611. The molecule has 0 heterocycles. The third-order valence-electron chi connectivity index (χ3n) is 2.47. The average Bonchev–Trinajstić information content (AvgIpc) is 2.36. The van der Waals surface area contributed by atoms with Crippen LogP contribution in [0, 0.1) is 5.41 Å². The standard InChI is InChI=1S/C14H18ClNO2/c1-14(2,10-17)9-16-13(18)8-5-11-3-6-12(15)7-4-11/h3-8,17H,9-10H2,1-2H3,(H,16,18)/b8-5+. The number of aliphatic hydroxyl groups is 1. The summed E-state index contributed by atoms with van der Waals surface area (Å²) in [6, 6.07) is 7.22. The van der Waals surface area contributed by atoms with Crippen molar-refractivity contribution in [3.8, 4) is 0 Å². The van der Waals surface area contributed by atoms with Crippen LogP contribution in [-0.2, 0) is 4.79 Å². The van der Waals surface area contributed by atoms with Crippen molar-refractivity contribution in [3.63, 3.8) is 0 Å². The van der Waals surface area contributed by atoms with E-state index < -0.39 is 0 Å². The first-order valence-electron chi connectivity index (χ1n) is 5.75. The monoisotopic (exact) mass is 267 g/mol. The van der Waals surface area contributed by atoms with Crippen molar-refractivity contribution < 1.29 is 9.90 Å². The van der Waals surface area contributed by atoms with Crippen LogP contribution in [0.15, 0.2) is 30.3 Å². The number of halogens is 1. The van der Waals surface area contributed by atoms with Gasteiger partial charge in [-0.25, -0.2) is 0 Å². The van der Waals surface area contributed by atoms with Gasteiger partial charge in [0.1, 0.15) is 0 Å². The highest BCUT2D eigenvalue weighted by molar-refractivity contribution is 6.30. The molecular formula is C14H18ClNO2. The molecule has 1 aromatic carbocycles. The van der Waals surface area contributed by atoms with E-state index in [1.807, 2.05) is 26.0 Å². The third-order valence-corrected chi connectivity index (χ3v) is 2.72. The van der Waals surface area contributed by atoms with Crippen LogP contribution in [0.5, 0.6) is 0 Å². The van der Waals surface area contributed by atoms with Crippen molar-refractivity contribution in [1.82, 2.24) is 5.32 Å². The number of nitrogens with one attached hydrogen (secondary N) is 1. The molecule has 0 bridgehead atoms. The predicted octanol–water partition coefficient (Wildman–Crippen LogP) is 2.49. The molecule has 18 heavy (non-hydrogen) atoms.